The summed E-state index contributed by atoms with van der Waals surface area (Å²) >= 11 is 6.86. The molecule has 1 atom stereocenters. The van der Waals surface area contributed by atoms with Crippen LogP contribution in [0.5, 0.6) is 0 Å². The second-order valence-corrected chi connectivity index (χ2v) is 5.77. The van der Waals surface area contributed by atoms with Gasteiger partial charge >= 0.3 is 0 Å². The Bertz CT molecular complexity index is 398. The van der Waals surface area contributed by atoms with Gasteiger partial charge in [-0.3, -0.25) is 10.1 Å². The minimum Gasteiger partial charge on any atom is -0.384 e. The molecule has 1 rings (SSSR count). The van der Waals surface area contributed by atoms with Crippen molar-refractivity contribution in [2.24, 2.45) is 0 Å². The van der Waals surface area contributed by atoms with E-state index in [9.17, 15) is 10.1 Å². The largest absolute Gasteiger partial charge is 0.384 e. The molecule has 17 heavy (non-hydrogen) atoms. The first-order valence-corrected chi connectivity index (χ1v) is 6.81. The predicted molar refractivity (Wildman–Crippen MR) is 73.7 cm³/mol. The molecule has 0 bridgehead atoms. The number of benzene rings is 1. The highest BCUT2D eigenvalue weighted by Crippen LogP contribution is 2.25. The van der Waals surface area contributed by atoms with Crippen molar-refractivity contribution < 1.29 is 9.66 Å². The van der Waals surface area contributed by atoms with Gasteiger partial charge in [-0.1, -0.05) is 37.9 Å². The molecule has 0 fully saturated rings. The number of hydrogen-bond acceptors (Lipinski definition) is 3. The van der Waals surface area contributed by atoms with Gasteiger partial charge in [0.2, 0.25) is 0 Å². The van der Waals surface area contributed by atoms with Crippen LogP contribution in [-0.2, 0) is 11.2 Å². The van der Waals surface area contributed by atoms with Crippen LogP contribution in [0.15, 0.2) is 22.7 Å². The van der Waals surface area contributed by atoms with Crippen LogP contribution < -0.4 is 0 Å². The number of ether oxygens (including phenoxy) is 1. The fraction of sp³-hybridized carbons (Fsp3) is 0.455. The summed E-state index contributed by atoms with van der Waals surface area (Å²) in [6, 6.07) is 4.85. The van der Waals surface area contributed by atoms with Gasteiger partial charge in [0.1, 0.15) is 0 Å². The van der Waals surface area contributed by atoms with Gasteiger partial charge in [0.05, 0.1) is 11.5 Å². The average Bonchev–Trinajstić information content (AvgIpc) is 2.27. The van der Waals surface area contributed by atoms with Gasteiger partial charge in [0.15, 0.2) is 0 Å². The second-order valence-electron chi connectivity index (χ2n) is 3.62. The summed E-state index contributed by atoms with van der Waals surface area (Å²) in [5, 5.41) is 10.6. The van der Waals surface area contributed by atoms with Crippen LogP contribution in [0.25, 0.3) is 0 Å². The topological polar surface area (TPSA) is 52.4 Å². The molecular formula is C11H13Br2NO3. The number of aryl methyl sites for hydroxylation is 1. The van der Waals surface area contributed by atoms with Crippen molar-refractivity contribution in [3.63, 3.8) is 0 Å². The van der Waals surface area contributed by atoms with Crippen LogP contribution in [0.3, 0.4) is 0 Å². The first-order valence-electron chi connectivity index (χ1n) is 5.10. The standard InChI is InChI=1S/C11H13Br2NO3/c1-17-7-9(12)4-2-8-3-5-10(14(15)16)6-11(8)13/h3,5-6,9H,2,4,7H2,1H3. The van der Waals surface area contributed by atoms with Gasteiger partial charge in [0.25, 0.3) is 5.69 Å². The van der Waals surface area contributed by atoms with Crippen molar-refractivity contribution in [3.8, 4) is 0 Å². The smallest absolute Gasteiger partial charge is 0.270 e. The van der Waals surface area contributed by atoms with Gasteiger partial charge in [0, 0.05) is 28.5 Å². The molecule has 1 aromatic carbocycles. The number of nitrogens with zero attached hydrogens (tertiary/aromatic N) is 1. The zero-order valence-corrected chi connectivity index (χ0v) is 12.5. The highest BCUT2D eigenvalue weighted by atomic mass is 79.9. The highest BCUT2D eigenvalue weighted by Gasteiger charge is 2.10. The lowest BCUT2D eigenvalue weighted by atomic mass is 10.1. The number of methoxy groups -OCH3 is 1. The van der Waals surface area contributed by atoms with Crippen molar-refractivity contribution in [2.75, 3.05) is 13.7 Å². The van der Waals surface area contributed by atoms with Gasteiger partial charge < -0.3 is 4.74 Å². The third kappa shape index (κ3) is 4.73. The van der Waals surface area contributed by atoms with E-state index in [-0.39, 0.29) is 5.69 Å². The molecule has 0 radical (unpaired) electrons. The molecule has 0 aliphatic rings. The number of hydrogen-bond donors (Lipinski definition) is 0. The van der Waals surface area contributed by atoms with E-state index in [1.165, 1.54) is 12.1 Å². The normalized spacial score (nSPS) is 12.4. The summed E-state index contributed by atoms with van der Waals surface area (Å²) in [5.74, 6) is 0. The molecule has 1 unspecified atom stereocenters. The maximum atomic E-state index is 10.6. The lowest BCUT2D eigenvalue weighted by Crippen LogP contribution is -2.07. The Morgan fingerprint density at radius 3 is 2.76 bits per heavy atom. The van der Waals surface area contributed by atoms with E-state index in [1.807, 2.05) is 0 Å². The Balaban J connectivity index is 2.63. The van der Waals surface area contributed by atoms with E-state index < -0.39 is 4.92 Å². The zero-order valence-electron chi connectivity index (χ0n) is 9.36. The molecule has 0 saturated heterocycles. The minimum atomic E-state index is -0.396. The second kappa shape index (κ2) is 7.08. The maximum absolute atomic E-state index is 10.6. The molecule has 0 amide bonds. The summed E-state index contributed by atoms with van der Waals surface area (Å²) in [7, 11) is 1.66. The van der Waals surface area contributed by atoms with Crippen molar-refractivity contribution >= 4 is 37.5 Å². The van der Waals surface area contributed by atoms with Crippen molar-refractivity contribution in [1.29, 1.82) is 0 Å². The quantitative estimate of drug-likeness (QED) is 0.438. The van der Waals surface area contributed by atoms with Crippen LogP contribution in [0.1, 0.15) is 12.0 Å². The predicted octanol–water partition coefficient (Wildman–Crippen LogP) is 3.70. The van der Waals surface area contributed by atoms with Crippen LogP contribution in [0, 0.1) is 10.1 Å². The molecule has 1 aromatic rings. The molecule has 0 aliphatic heterocycles. The number of non-ortho nitro benzene ring substituents is 1. The SMILES string of the molecule is COCC(Br)CCc1ccc([N+](=O)[O-])cc1Br. The Labute approximate surface area is 117 Å². The Morgan fingerprint density at radius 1 is 1.53 bits per heavy atom. The molecule has 0 saturated carbocycles. The monoisotopic (exact) mass is 365 g/mol. The van der Waals surface area contributed by atoms with Gasteiger partial charge in [-0.05, 0) is 18.4 Å². The molecule has 0 spiro atoms. The Hall–Kier alpha value is -0.460. The number of alkyl halides is 1. The van der Waals surface area contributed by atoms with Gasteiger partial charge in [-0.2, -0.15) is 0 Å². The summed E-state index contributed by atoms with van der Waals surface area (Å²) in [6.07, 6.45) is 1.77. The lowest BCUT2D eigenvalue weighted by Gasteiger charge is -2.09. The van der Waals surface area contributed by atoms with Gasteiger partial charge in [-0.25, -0.2) is 0 Å². The van der Waals surface area contributed by atoms with Crippen molar-refractivity contribution in [3.05, 3.63) is 38.3 Å². The zero-order chi connectivity index (χ0) is 12.8. The summed E-state index contributed by atoms with van der Waals surface area (Å²) in [6.45, 7) is 0.657. The summed E-state index contributed by atoms with van der Waals surface area (Å²) < 4.78 is 5.81. The number of nitro benzene ring substituents is 1. The fourth-order valence-corrected chi connectivity index (χ4v) is 2.49. The fourth-order valence-electron chi connectivity index (χ4n) is 1.43. The van der Waals surface area contributed by atoms with E-state index in [2.05, 4.69) is 31.9 Å². The molecule has 6 heteroatoms. The first-order chi connectivity index (χ1) is 8.04. The molecule has 4 nitrogen and oxygen atoms in total. The van der Waals surface area contributed by atoms with Crippen LogP contribution >= 0.6 is 31.9 Å². The van der Waals surface area contributed by atoms with E-state index in [4.69, 9.17) is 4.74 Å². The van der Waals surface area contributed by atoms with E-state index in [0.29, 0.717) is 11.4 Å². The van der Waals surface area contributed by atoms with Crippen molar-refractivity contribution in [1.82, 2.24) is 0 Å². The third-order valence-corrected chi connectivity index (χ3v) is 3.78. The highest BCUT2D eigenvalue weighted by molar-refractivity contribution is 9.10. The summed E-state index contributed by atoms with van der Waals surface area (Å²) in [5.41, 5.74) is 1.17. The Morgan fingerprint density at radius 2 is 2.24 bits per heavy atom. The van der Waals surface area contributed by atoms with E-state index in [0.717, 1.165) is 22.9 Å². The van der Waals surface area contributed by atoms with Crippen LogP contribution in [-0.4, -0.2) is 23.5 Å². The molecular weight excluding hydrogens is 354 g/mol. The average molecular weight is 367 g/mol. The minimum absolute atomic E-state index is 0.105. The number of nitro groups is 1. The molecule has 94 valence electrons. The first kappa shape index (κ1) is 14.6. The van der Waals surface area contributed by atoms with E-state index >= 15 is 0 Å². The molecule has 0 aliphatic carbocycles. The maximum Gasteiger partial charge on any atom is 0.270 e. The molecule has 0 N–H and O–H groups in total. The third-order valence-electron chi connectivity index (χ3n) is 2.32. The number of halogens is 2. The van der Waals surface area contributed by atoms with Crippen LogP contribution in [0.4, 0.5) is 5.69 Å². The van der Waals surface area contributed by atoms with Crippen LogP contribution in [0.2, 0.25) is 0 Å². The van der Waals surface area contributed by atoms with Gasteiger partial charge in [-0.15, -0.1) is 0 Å². The summed E-state index contributed by atoms with van der Waals surface area (Å²) in [4.78, 5) is 10.5. The molecule has 0 heterocycles. The van der Waals surface area contributed by atoms with Crippen molar-refractivity contribution in [2.45, 2.75) is 17.7 Å². The lowest BCUT2D eigenvalue weighted by molar-refractivity contribution is -0.384. The Kier molecular flexibility index (Phi) is 6.08. The number of rotatable bonds is 6. The molecule has 0 aromatic heterocycles. The van der Waals surface area contributed by atoms with E-state index in [1.54, 1.807) is 13.2 Å².